The topological polar surface area (TPSA) is 92.6 Å². The van der Waals surface area contributed by atoms with Gasteiger partial charge in [0, 0.05) is 20.0 Å². The van der Waals surface area contributed by atoms with Crippen LogP contribution in [0.3, 0.4) is 0 Å². The number of H-pyrrole nitrogens is 1. The van der Waals surface area contributed by atoms with Crippen LogP contribution in [-0.2, 0) is 19.5 Å². The summed E-state index contributed by atoms with van der Waals surface area (Å²) in [7, 11) is 1.71. The van der Waals surface area contributed by atoms with Gasteiger partial charge in [0.2, 0.25) is 5.82 Å². The fourth-order valence-corrected chi connectivity index (χ4v) is 2.22. The molecular formula is C11H15N7O. The normalized spacial score (nSPS) is 13.6. The van der Waals surface area contributed by atoms with Crippen LogP contribution in [0.15, 0.2) is 0 Å². The Kier molecular flexibility index (Phi) is 2.77. The average Bonchev–Trinajstić information content (AvgIpc) is 3.06. The van der Waals surface area contributed by atoms with Crippen molar-refractivity contribution in [2.45, 2.75) is 32.9 Å². The molecule has 0 radical (unpaired) electrons. The van der Waals surface area contributed by atoms with E-state index in [9.17, 15) is 4.79 Å². The van der Waals surface area contributed by atoms with Crippen molar-refractivity contribution in [1.29, 1.82) is 0 Å². The highest BCUT2D eigenvalue weighted by Crippen LogP contribution is 2.15. The summed E-state index contributed by atoms with van der Waals surface area (Å²) >= 11 is 0. The fourth-order valence-electron chi connectivity index (χ4n) is 2.22. The summed E-state index contributed by atoms with van der Waals surface area (Å²) in [6.45, 7) is 3.11. The van der Waals surface area contributed by atoms with Crippen LogP contribution in [0.1, 0.15) is 34.5 Å². The first-order valence-electron chi connectivity index (χ1n) is 6.20. The lowest BCUT2D eigenvalue weighted by molar-refractivity contribution is 0.0768. The number of hydrogen-bond donors (Lipinski definition) is 1. The Morgan fingerprint density at radius 2 is 2.32 bits per heavy atom. The number of rotatable bonds is 3. The number of nitrogens with zero attached hydrogens (tertiary/aromatic N) is 6. The molecule has 0 unspecified atom stereocenters. The van der Waals surface area contributed by atoms with Crippen molar-refractivity contribution >= 4 is 5.91 Å². The van der Waals surface area contributed by atoms with E-state index in [4.69, 9.17) is 0 Å². The molecule has 0 aliphatic carbocycles. The van der Waals surface area contributed by atoms with Gasteiger partial charge in [-0.25, -0.2) is 4.98 Å². The molecule has 2 aromatic rings. The van der Waals surface area contributed by atoms with Crippen LogP contribution in [0.4, 0.5) is 0 Å². The van der Waals surface area contributed by atoms with Gasteiger partial charge in [-0.15, -0.1) is 15.3 Å². The van der Waals surface area contributed by atoms with E-state index in [1.54, 1.807) is 18.9 Å². The predicted octanol–water partition coefficient (Wildman–Crippen LogP) is -0.0770. The second-order valence-corrected chi connectivity index (χ2v) is 4.69. The third-order valence-electron chi connectivity index (χ3n) is 3.20. The maximum atomic E-state index is 12.1. The summed E-state index contributed by atoms with van der Waals surface area (Å²) in [6, 6.07) is 0. The number of aromatic amines is 1. The van der Waals surface area contributed by atoms with Gasteiger partial charge in [0.25, 0.3) is 5.91 Å². The van der Waals surface area contributed by atoms with Crippen LogP contribution in [0.2, 0.25) is 0 Å². The lowest BCUT2D eigenvalue weighted by atomic mass is 10.4. The number of nitrogens with one attached hydrogen (secondary N) is 1. The van der Waals surface area contributed by atoms with Crippen molar-refractivity contribution in [2.75, 3.05) is 7.05 Å². The van der Waals surface area contributed by atoms with E-state index < -0.39 is 0 Å². The van der Waals surface area contributed by atoms with Gasteiger partial charge in [0.1, 0.15) is 11.6 Å². The van der Waals surface area contributed by atoms with Gasteiger partial charge in [-0.05, 0) is 13.3 Å². The second-order valence-electron chi connectivity index (χ2n) is 4.69. The Morgan fingerprint density at radius 3 is 3.05 bits per heavy atom. The first kappa shape index (κ1) is 11.8. The Hall–Kier alpha value is -2.25. The summed E-state index contributed by atoms with van der Waals surface area (Å²) in [5.74, 6) is 2.40. The van der Waals surface area contributed by atoms with Crippen LogP contribution >= 0.6 is 0 Å². The van der Waals surface area contributed by atoms with Crippen molar-refractivity contribution in [2.24, 2.45) is 0 Å². The molecule has 3 rings (SSSR count). The Morgan fingerprint density at radius 1 is 1.47 bits per heavy atom. The summed E-state index contributed by atoms with van der Waals surface area (Å²) in [4.78, 5) is 17.7. The van der Waals surface area contributed by atoms with Gasteiger partial charge in [0.05, 0.1) is 6.54 Å². The van der Waals surface area contributed by atoms with Crippen molar-refractivity contribution in [3.8, 4) is 0 Å². The maximum absolute atomic E-state index is 12.1. The number of fused-ring (bicyclic) bond motifs is 1. The molecule has 0 fully saturated rings. The smallest absolute Gasteiger partial charge is 0.293 e. The van der Waals surface area contributed by atoms with E-state index in [2.05, 4.69) is 29.9 Å². The van der Waals surface area contributed by atoms with Crippen LogP contribution < -0.4 is 0 Å². The number of aryl methyl sites for hydroxylation is 2. The van der Waals surface area contributed by atoms with Crippen LogP contribution in [-0.4, -0.2) is 47.8 Å². The first-order chi connectivity index (χ1) is 9.15. The van der Waals surface area contributed by atoms with Gasteiger partial charge in [0.15, 0.2) is 5.82 Å². The third-order valence-corrected chi connectivity index (χ3v) is 3.20. The highest BCUT2D eigenvalue weighted by atomic mass is 16.2. The molecule has 2 aromatic heterocycles. The minimum atomic E-state index is -0.223. The molecule has 0 aromatic carbocycles. The van der Waals surface area contributed by atoms with E-state index in [-0.39, 0.29) is 11.7 Å². The average molecular weight is 261 g/mol. The molecule has 3 heterocycles. The standard InChI is InChI=1S/C11H15N7O/c1-7-12-10(16-13-7)11(19)17(2)6-9-15-14-8-4-3-5-18(8)9/h3-6H2,1-2H3,(H,12,13,16). The SMILES string of the molecule is Cc1nc(C(=O)N(C)Cc2nnc3n2CCC3)n[nH]1. The molecule has 0 saturated carbocycles. The van der Waals surface area contributed by atoms with Gasteiger partial charge in [-0.1, -0.05) is 0 Å². The third kappa shape index (κ3) is 2.09. The zero-order chi connectivity index (χ0) is 13.4. The molecule has 8 heteroatoms. The Balaban J connectivity index is 1.74. The largest absolute Gasteiger partial charge is 0.331 e. The maximum Gasteiger partial charge on any atom is 0.293 e. The van der Waals surface area contributed by atoms with Crippen LogP contribution in [0.25, 0.3) is 0 Å². The number of hydrogen-bond acceptors (Lipinski definition) is 5. The Bertz CT molecular complexity index is 614. The highest BCUT2D eigenvalue weighted by Gasteiger charge is 2.22. The van der Waals surface area contributed by atoms with Gasteiger partial charge >= 0.3 is 0 Å². The van der Waals surface area contributed by atoms with Crippen molar-refractivity contribution in [3.63, 3.8) is 0 Å². The molecule has 0 bridgehead atoms. The van der Waals surface area contributed by atoms with E-state index in [1.165, 1.54) is 0 Å². The molecule has 1 aliphatic heterocycles. The lowest BCUT2D eigenvalue weighted by Gasteiger charge is -2.14. The molecule has 1 aliphatic rings. The summed E-state index contributed by atoms with van der Waals surface area (Å²) in [5.41, 5.74) is 0. The monoisotopic (exact) mass is 261 g/mol. The molecule has 1 N–H and O–H groups in total. The molecule has 8 nitrogen and oxygen atoms in total. The predicted molar refractivity (Wildman–Crippen MR) is 65.3 cm³/mol. The Labute approximate surface area is 109 Å². The molecular weight excluding hydrogens is 246 g/mol. The van der Waals surface area contributed by atoms with Gasteiger partial charge in [-0.3, -0.25) is 9.89 Å². The van der Waals surface area contributed by atoms with E-state index >= 15 is 0 Å². The van der Waals surface area contributed by atoms with Crippen LogP contribution in [0.5, 0.6) is 0 Å². The first-order valence-corrected chi connectivity index (χ1v) is 6.20. The summed E-state index contributed by atoms with van der Waals surface area (Å²) in [6.07, 6.45) is 2.06. The van der Waals surface area contributed by atoms with Crippen molar-refractivity contribution in [3.05, 3.63) is 23.3 Å². The van der Waals surface area contributed by atoms with Crippen molar-refractivity contribution in [1.82, 2.24) is 34.8 Å². The molecule has 0 saturated heterocycles. The fraction of sp³-hybridized carbons (Fsp3) is 0.545. The van der Waals surface area contributed by atoms with E-state index in [0.29, 0.717) is 12.4 Å². The molecule has 19 heavy (non-hydrogen) atoms. The van der Waals surface area contributed by atoms with E-state index in [1.807, 2.05) is 0 Å². The summed E-state index contributed by atoms with van der Waals surface area (Å²) < 4.78 is 2.08. The zero-order valence-corrected chi connectivity index (χ0v) is 10.9. The second kappa shape index (κ2) is 4.45. The number of aromatic nitrogens is 6. The van der Waals surface area contributed by atoms with Crippen LogP contribution in [0, 0.1) is 6.92 Å². The number of carbonyl (C=O) groups is 1. The highest BCUT2D eigenvalue weighted by molar-refractivity contribution is 5.90. The lowest BCUT2D eigenvalue weighted by Crippen LogP contribution is -2.28. The quantitative estimate of drug-likeness (QED) is 0.834. The minimum Gasteiger partial charge on any atom is -0.331 e. The molecule has 1 amide bonds. The molecule has 0 spiro atoms. The molecule has 0 atom stereocenters. The van der Waals surface area contributed by atoms with Gasteiger partial charge in [-0.2, -0.15) is 0 Å². The molecule has 100 valence electrons. The number of carbonyl (C=O) groups excluding carboxylic acids is 1. The van der Waals surface area contributed by atoms with Gasteiger partial charge < -0.3 is 9.47 Å². The van der Waals surface area contributed by atoms with Crippen molar-refractivity contribution < 1.29 is 4.79 Å². The summed E-state index contributed by atoms with van der Waals surface area (Å²) in [5, 5.41) is 14.8. The minimum absolute atomic E-state index is 0.182. The number of amides is 1. The van der Waals surface area contributed by atoms with E-state index in [0.717, 1.165) is 31.0 Å². The zero-order valence-electron chi connectivity index (χ0n) is 10.9.